The number of alkyl halides is 3. The summed E-state index contributed by atoms with van der Waals surface area (Å²) in [5.41, 5.74) is -1.06. The van der Waals surface area contributed by atoms with E-state index in [1.165, 1.54) is 19.1 Å². The summed E-state index contributed by atoms with van der Waals surface area (Å²) in [5, 5.41) is 10.7. The topological polar surface area (TPSA) is 36.4 Å². The molecule has 0 radical (unpaired) electrons. The van der Waals surface area contributed by atoms with Crippen LogP contribution in [0.1, 0.15) is 30.7 Å². The predicted molar refractivity (Wildman–Crippen MR) is 86.2 cm³/mol. The summed E-state index contributed by atoms with van der Waals surface area (Å²) in [5.74, 6) is 0. The molecule has 0 bridgehead atoms. The van der Waals surface area contributed by atoms with Gasteiger partial charge in [0.15, 0.2) is 0 Å². The number of aliphatic hydroxyl groups is 1. The van der Waals surface area contributed by atoms with Crippen molar-refractivity contribution >= 4 is 0 Å². The highest BCUT2D eigenvalue weighted by Crippen LogP contribution is 2.32. The first-order valence-electron chi connectivity index (χ1n) is 7.75. The summed E-state index contributed by atoms with van der Waals surface area (Å²) < 4.78 is 38.6. The van der Waals surface area contributed by atoms with Gasteiger partial charge in [0.2, 0.25) is 0 Å². The molecule has 1 aromatic heterocycles. The van der Waals surface area contributed by atoms with Crippen LogP contribution in [-0.2, 0) is 18.3 Å². The van der Waals surface area contributed by atoms with E-state index in [0.717, 1.165) is 17.8 Å². The van der Waals surface area contributed by atoms with Gasteiger partial charge in [-0.15, -0.1) is 0 Å². The summed E-state index contributed by atoms with van der Waals surface area (Å²) in [6.07, 6.45) is -2.74. The molecule has 0 amide bonds. The number of nitrogens with zero attached hydrogens (tertiary/aromatic N) is 2. The molecule has 0 aliphatic heterocycles. The average Bonchev–Trinajstić information content (AvgIpc) is 2.54. The normalized spacial score (nSPS) is 14.6. The fourth-order valence-corrected chi connectivity index (χ4v) is 2.56. The van der Waals surface area contributed by atoms with Crippen LogP contribution in [0, 0.1) is 0 Å². The monoisotopic (exact) mass is 338 g/mol. The van der Waals surface area contributed by atoms with E-state index in [1.54, 1.807) is 6.20 Å². The van der Waals surface area contributed by atoms with Gasteiger partial charge in [0.1, 0.15) is 0 Å². The van der Waals surface area contributed by atoms with Crippen molar-refractivity contribution in [2.24, 2.45) is 0 Å². The van der Waals surface area contributed by atoms with Crippen LogP contribution in [0.4, 0.5) is 13.2 Å². The summed E-state index contributed by atoms with van der Waals surface area (Å²) in [6.45, 7) is 4.84. The van der Waals surface area contributed by atoms with Crippen molar-refractivity contribution in [2.45, 2.75) is 32.2 Å². The Morgan fingerprint density at radius 2 is 1.79 bits per heavy atom. The van der Waals surface area contributed by atoms with E-state index >= 15 is 0 Å². The Morgan fingerprint density at radius 3 is 2.38 bits per heavy atom. The molecule has 1 aromatic carbocycles. The van der Waals surface area contributed by atoms with Crippen LogP contribution in [0.2, 0.25) is 0 Å². The van der Waals surface area contributed by atoms with Crippen molar-refractivity contribution in [3.05, 3.63) is 65.5 Å². The Balaban J connectivity index is 2.17. The molecule has 0 saturated heterocycles. The second-order valence-corrected chi connectivity index (χ2v) is 5.98. The molecule has 0 spiro atoms. The van der Waals surface area contributed by atoms with Gasteiger partial charge in [-0.3, -0.25) is 9.88 Å². The molecule has 24 heavy (non-hydrogen) atoms. The van der Waals surface area contributed by atoms with Crippen molar-refractivity contribution in [2.75, 3.05) is 13.1 Å². The van der Waals surface area contributed by atoms with Crippen LogP contribution in [0.3, 0.4) is 0 Å². The third-order valence-electron chi connectivity index (χ3n) is 3.90. The average molecular weight is 338 g/mol. The SMILES string of the molecule is CCN(Cc1ccccn1)CC(C)(O)c1cccc(C(F)(F)F)c1. The largest absolute Gasteiger partial charge is 0.416 e. The molecule has 0 fully saturated rings. The molecular formula is C18H21F3N2O. The molecule has 2 rings (SSSR count). The molecule has 0 aliphatic carbocycles. The van der Waals surface area contributed by atoms with E-state index < -0.39 is 17.3 Å². The lowest BCUT2D eigenvalue weighted by molar-refractivity contribution is -0.137. The maximum Gasteiger partial charge on any atom is 0.416 e. The zero-order valence-electron chi connectivity index (χ0n) is 13.7. The molecule has 1 N–H and O–H groups in total. The van der Waals surface area contributed by atoms with Gasteiger partial charge < -0.3 is 5.11 Å². The zero-order valence-corrected chi connectivity index (χ0v) is 13.7. The van der Waals surface area contributed by atoms with Gasteiger partial charge in [0.25, 0.3) is 0 Å². The maximum absolute atomic E-state index is 12.9. The van der Waals surface area contributed by atoms with Crippen LogP contribution < -0.4 is 0 Å². The lowest BCUT2D eigenvalue weighted by Crippen LogP contribution is -2.38. The Kier molecular flexibility index (Phi) is 5.62. The van der Waals surface area contributed by atoms with Crippen LogP contribution >= 0.6 is 0 Å². The van der Waals surface area contributed by atoms with Crippen LogP contribution in [0.25, 0.3) is 0 Å². The second kappa shape index (κ2) is 7.32. The molecule has 2 aromatic rings. The maximum atomic E-state index is 12.9. The van der Waals surface area contributed by atoms with Crippen molar-refractivity contribution in [3.8, 4) is 0 Å². The Labute approximate surface area is 139 Å². The van der Waals surface area contributed by atoms with Crippen molar-refractivity contribution in [1.29, 1.82) is 0 Å². The number of rotatable bonds is 6. The van der Waals surface area contributed by atoms with E-state index in [1.807, 2.05) is 30.0 Å². The van der Waals surface area contributed by atoms with Gasteiger partial charge in [-0.2, -0.15) is 13.2 Å². The van der Waals surface area contributed by atoms with Crippen LogP contribution in [0.15, 0.2) is 48.7 Å². The van der Waals surface area contributed by atoms with E-state index in [-0.39, 0.29) is 12.1 Å². The number of hydrogen-bond donors (Lipinski definition) is 1. The molecular weight excluding hydrogens is 317 g/mol. The molecule has 0 saturated carbocycles. The number of hydrogen-bond acceptors (Lipinski definition) is 3. The smallest absolute Gasteiger partial charge is 0.384 e. The standard InChI is InChI=1S/C18H21F3N2O/c1-3-23(12-16-9-4-5-10-22-16)13-17(2,24)14-7-6-8-15(11-14)18(19,20)21/h4-11,24H,3,12-13H2,1-2H3. The summed E-state index contributed by atoms with van der Waals surface area (Å²) in [6, 6.07) is 10.4. The molecule has 1 heterocycles. The highest BCUT2D eigenvalue weighted by atomic mass is 19.4. The van der Waals surface area contributed by atoms with E-state index in [9.17, 15) is 18.3 Å². The first-order chi connectivity index (χ1) is 11.2. The number of benzene rings is 1. The minimum absolute atomic E-state index is 0.210. The number of likely N-dealkylation sites (N-methyl/N-ethyl adjacent to an activating group) is 1. The van der Waals surface area contributed by atoms with Gasteiger partial charge in [-0.25, -0.2) is 0 Å². The summed E-state index contributed by atoms with van der Waals surface area (Å²) in [7, 11) is 0. The number of halogens is 3. The first-order valence-corrected chi connectivity index (χ1v) is 7.75. The first kappa shape index (κ1) is 18.4. The van der Waals surface area contributed by atoms with Gasteiger partial charge in [0, 0.05) is 19.3 Å². The molecule has 130 valence electrons. The third kappa shape index (κ3) is 4.79. The van der Waals surface area contributed by atoms with Gasteiger partial charge in [0.05, 0.1) is 16.9 Å². The van der Waals surface area contributed by atoms with Crippen LogP contribution in [0.5, 0.6) is 0 Å². The lowest BCUT2D eigenvalue weighted by Gasteiger charge is -2.31. The highest BCUT2D eigenvalue weighted by Gasteiger charge is 2.33. The van der Waals surface area contributed by atoms with Gasteiger partial charge in [-0.1, -0.05) is 25.1 Å². The third-order valence-corrected chi connectivity index (χ3v) is 3.90. The van der Waals surface area contributed by atoms with E-state index in [4.69, 9.17) is 0 Å². The van der Waals surface area contributed by atoms with E-state index in [2.05, 4.69) is 4.98 Å². The lowest BCUT2D eigenvalue weighted by atomic mass is 9.93. The number of aromatic nitrogens is 1. The summed E-state index contributed by atoms with van der Waals surface area (Å²) >= 11 is 0. The van der Waals surface area contributed by atoms with E-state index in [0.29, 0.717) is 13.1 Å². The van der Waals surface area contributed by atoms with Crippen molar-refractivity contribution in [3.63, 3.8) is 0 Å². The fourth-order valence-electron chi connectivity index (χ4n) is 2.56. The fraction of sp³-hybridized carbons (Fsp3) is 0.389. The molecule has 6 heteroatoms. The van der Waals surface area contributed by atoms with Crippen LogP contribution in [-0.4, -0.2) is 28.1 Å². The number of pyridine rings is 1. The summed E-state index contributed by atoms with van der Waals surface area (Å²) in [4.78, 5) is 6.19. The highest BCUT2D eigenvalue weighted by molar-refractivity contribution is 5.30. The Morgan fingerprint density at radius 1 is 1.08 bits per heavy atom. The second-order valence-electron chi connectivity index (χ2n) is 5.98. The minimum Gasteiger partial charge on any atom is -0.384 e. The molecule has 1 atom stereocenters. The predicted octanol–water partition coefficient (Wildman–Crippen LogP) is 3.83. The minimum atomic E-state index is -4.43. The zero-order chi connectivity index (χ0) is 17.8. The van der Waals surface area contributed by atoms with Gasteiger partial charge in [-0.05, 0) is 43.3 Å². The van der Waals surface area contributed by atoms with Crippen molar-refractivity contribution in [1.82, 2.24) is 9.88 Å². The molecule has 3 nitrogen and oxygen atoms in total. The Hall–Kier alpha value is -1.92. The van der Waals surface area contributed by atoms with Gasteiger partial charge >= 0.3 is 6.18 Å². The molecule has 1 unspecified atom stereocenters. The molecule has 0 aliphatic rings. The van der Waals surface area contributed by atoms with Crippen molar-refractivity contribution < 1.29 is 18.3 Å². The Bertz CT molecular complexity index is 657. The quantitative estimate of drug-likeness (QED) is 0.870.